The second-order valence-electron chi connectivity index (χ2n) is 6.80. The molecule has 0 radical (unpaired) electrons. The number of aromatic nitrogens is 2. The number of aliphatic hydroxyl groups is 1. The zero-order valence-corrected chi connectivity index (χ0v) is 16.4. The van der Waals surface area contributed by atoms with E-state index in [1.165, 1.54) is 11.3 Å². The highest BCUT2D eigenvalue weighted by Crippen LogP contribution is 2.26. The van der Waals surface area contributed by atoms with E-state index >= 15 is 0 Å². The summed E-state index contributed by atoms with van der Waals surface area (Å²) in [4.78, 5) is 30.0. The van der Waals surface area contributed by atoms with E-state index in [9.17, 15) is 14.7 Å². The SMILES string of the molecule is C[C@@H](O)CNC(=O)Cn1nc(C(=O)N2CCN(C)CC2)cc1-c1cccs1. The highest BCUT2D eigenvalue weighted by Gasteiger charge is 2.24. The minimum Gasteiger partial charge on any atom is -0.392 e. The van der Waals surface area contributed by atoms with Gasteiger partial charge in [-0.3, -0.25) is 14.3 Å². The first-order chi connectivity index (χ1) is 12.9. The van der Waals surface area contributed by atoms with Crippen LogP contribution in [0.1, 0.15) is 17.4 Å². The van der Waals surface area contributed by atoms with Gasteiger partial charge in [-0.1, -0.05) is 6.07 Å². The number of likely N-dealkylation sites (N-methyl/N-ethyl adjacent to an activating group) is 1. The Morgan fingerprint density at radius 1 is 1.33 bits per heavy atom. The van der Waals surface area contributed by atoms with Gasteiger partial charge in [-0.2, -0.15) is 5.10 Å². The molecular weight excluding hydrogens is 366 g/mol. The van der Waals surface area contributed by atoms with Crippen LogP contribution in [-0.2, 0) is 11.3 Å². The molecule has 0 aliphatic carbocycles. The summed E-state index contributed by atoms with van der Waals surface area (Å²) in [6.45, 7) is 4.81. The molecule has 0 saturated carbocycles. The van der Waals surface area contributed by atoms with Gasteiger partial charge in [-0.05, 0) is 31.5 Å². The van der Waals surface area contributed by atoms with Gasteiger partial charge in [0, 0.05) is 32.7 Å². The molecular formula is C18H25N5O3S. The third-order valence-corrected chi connectivity index (χ3v) is 5.34. The van der Waals surface area contributed by atoms with Gasteiger partial charge >= 0.3 is 0 Å². The summed E-state index contributed by atoms with van der Waals surface area (Å²) in [5.41, 5.74) is 1.10. The third kappa shape index (κ3) is 4.94. The third-order valence-electron chi connectivity index (χ3n) is 4.45. The number of aliphatic hydroxyl groups excluding tert-OH is 1. The standard InChI is InChI=1S/C18H25N5O3S/c1-13(24)11-19-17(25)12-23-15(16-4-3-9-27-16)10-14(20-23)18(26)22-7-5-21(2)6-8-22/h3-4,9-10,13,24H,5-8,11-12H2,1-2H3,(H,19,25)/t13-/m1/s1. The van der Waals surface area contributed by atoms with Crippen LogP contribution in [0.15, 0.2) is 23.6 Å². The number of carbonyl (C=O) groups excluding carboxylic acids is 2. The van der Waals surface area contributed by atoms with E-state index in [1.807, 2.05) is 24.6 Å². The maximum Gasteiger partial charge on any atom is 0.274 e. The predicted octanol–water partition coefficient (Wildman–Crippen LogP) is 0.496. The first-order valence-electron chi connectivity index (χ1n) is 8.98. The second-order valence-corrected chi connectivity index (χ2v) is 7.75. The molecule has 1 saturated heterocycles. The van der Waals surface area contributed by atoms with Crippen LogP contribution in [0.2, 0.25) is 0 Å². The Bertz CT molecular complexity index is 779. The number of amides is 2. The van der Waals surface area contributed by atoms with E-state index < -0.39 is 6.10 Å². The molecule has 8 nitrogen and oxygen atoms in total. The number of thiophene rings is 1. The largest absolute Gasteiger partial charge is 0.392 e. The Kier molecular flexibility index (Phi) is 6.25. The van der Waals surface area contributed by atoms with Gasteiger partial charge < -0.3 is 20.2 Å². The van der Waals surface area contributed by atoms with Gasteiger partial charge in [0.2, 0.25) is 5.91 Å². The van der Waals surface area contributed by atoms with Crippen LogP contribution in [-0.4, -0.2) is 82.4 Å². The van der Waals surface area contributed by atoms with E-state index in [0.717, 1.165) is 23.7 Å². The van der Waals surface area contributed by atoms with Crippen LogP contribution < -0.4 is 5.32 Å². The van der Waals surface area contributed by atoms with Crippen LogP contribution in [0.5, 0.6) is 0 Å². The second kappa shape index (κ2) is 8.64. The first kappa shape index (κ1) is 19.5. The molecule has 1 fully saturated rings. The molecule has 0 aromatic carbocycles. The molecule has 0 bridgehead atoms. The molecule has 0 unspecified atom stereocenters. The lowest BCUT2D eigenvalue weighted by Gasteiger charge is -2.31. The Morgan fingerprint density at radius 2 is 2.07 bits per heavy atom. The number of nitrogens with one attached hydrogen (secondary N) is 1. The summed E-state index contributed by atoms with van der Waals surface area (Å²) in [5.74, 6) is -0.362. The van der Waals surface area contributed by atoms with Crippen molar-refractivity contribution in [2.45, 2.75) is 19.6 Å². The zero-order valence-electron chi connectivity index (χ0n) is 15.6. The lowest BCUT2D eigenvalue weighted by atomic mass is 10.2. The van der Waals surface area contributed by atoms with Crippen molar-refractivity contribution in [1.29, 1.82) is 0 Å². The van der Waals surface area contributed by atoms with E-state index in [0.29, 0.717) is 18.8 Å². The van der Waals surface area contributed by atoms with Crippen LogP contribution in [0.4, 0.5) is 0 Å². The van der Waals surface area contributed by atoms with Crippen molar-refractivity contribution in [3.8, 4) is 10.6 Å². The van der Waals surface area contributed by atoms with Crippen LogP contribution >= 0.6 is 11.3 Å². The van der Waals surface area contributed by atoms with Crippen molar-refractivity contribution in [3.63, 3.8) is 0 Å². The van der Waals surface area contributed by atoms with Crippen LogP contribution in [0.3, 0.4) is 0 Å². The Balaban J connectivity index is 1.79. The Hall–Kier alpha value is -2.23. The maximum absolute atomic E-state index is 12.8. The minimum absolute atomic E-state index is 0.00400. The molecule has 1 aliphatic rings. The lowest BCUT2D eigenvalue weighted by molar-refractivity contribution is -0.122. The van der Waals surface area contributed by atoms with Crippen molar-refractivity contribution in [1.82, 2.24) is 24.9 Å². The van der Waals surface area contributed by atoms with Gasteiger partial charge in [-0.15, -0.1) is 11.3 Å². The summed E-state index contributed by atoms with van der Waals surface area (Å²) < 4.78 is 1.56. The average Bonchev–Trinajstić information content (AvgIpc) is 3.29. The molecule has 3 heterocycles. The van der Waals surface area contributed by atoms with Crippen molar-refractivity contribution >= 4 is 23.2 Å². The normalized spacial score (nSPS) is 16.3. The molecule has 2 amide bonds. The summed E-state index contributed by atoms with van der Waals surface area (Å²) in [5, 5.41) is 18.4. The summed E-state index contributed by atoms with van der Waals surface area (Å²) in [7, 11) is 2.04. The van der Waals surface area contributed by atoms with Gasteiger partial charge in [0.15, 0.2) is 5.69 Å². The fourth-order valence-corrected chi connectivity index (χ4v) is 3.64. The highest BCUT2D eigenvalue weighted by molar-refractivity contribution is 7.13. The van der Waals surface area contributed by atoms with E-state index in [4.69, 9.17) is 0 Å². The number of hydrogen-bond acceptors (Lipinski definition) is 6. The lowest BCUT2D eigenvalue weighted by Crippen LogP contribution is -2.47. The molecule has 9 heteroatoms. The predicted molar refractivity (Wildman–Crippen MR) is 104 cm³/mol. The fourth-order valence-electron chi connectivity index (χ4n) is 2.89. The summed E-state index contributed by atoms with van der Waals surface area (Å²) in [6, 6.07) is 5.62. The minimum atomic E-state index is -0.613. The smallest absolute Gasteiger partial charge is 0.274 e. The molecule has 1 aliphatic heterocycles. The molecule has 2 N–H and O–H groups in total. The van der Waals surface area contributed by atoms with Crippen LogP contribution in [0.25, 0.3) is 10.6 Å². The Labute approximate surface area is 162 Å². The van der Waals surface area contributed by atoms with Crippen molar-refractivity contribution in [3.05, 3.63) is 29.3 Å². The molecule has 0 spiro atoms. The number of rotatable bonds is 6. The van der Waals surface area contributed by atoms with Gasteiger partial charge in [-0.25, -0.2) is 0 Å². The zero-order chi connectivity index (χ0) is 19.4. The molecule has 146 valence electrons. The fraction of sp³-hybridized carbons (Fsp3) is 0.500. The van der Waals surface area contributed by atoms with E-state index in [2.05, 4.69) is 15.3 Å². The van der Waals surface area contributed by atoms with E-state index in [-0.39, 0.29) is 24.9 Å². The molecule has 2 aromatic heterocycles. The molecule has 1 atom stereocenters. The van der Waals surface area contributed by atoms with Crippen molar-refractivity contribution in [2.75, 3.05) is 39.8 Å². The number of nitrogens with zero attached hydrogens (tertiary/aromatic N) is 4. The quantitative estimate of drug-likeness (QED) is 0.748. The van der Waals surface area contributed by atoms with Gasteiger partial charge in [0.25, 0.3) is 5.91 Å². The van der Waals surface area contributed by atoms with Crippen molar-refractivity contribution in [2.24, 2.45) is 0 Å². The number of piperazine rings is 1. The maximum atomic E-state index is 12.8. The molecule has 27 heavy (non-hydrogen) atoms. The Morgan fingerprint density at radius 3 is 2.70 bits per heavy atom. The van der Waals surface area contributed by atoms with E-state index in [1.54, 1.807) is 22.6 Å². The first-order valence-corrected chi connectivity index (χ1v) is 9.86. The summed E-state index contributed by atoms with van der Waals surface area (Å²) >= 11 is 1.53. The van der Waals surface area contributed by atoms with Crippen LogP contribution in [0, 0.1) is 0 Å². The van der Waals surface area contributed by atoms with Crippen molar-refractivity contribution < 1.29 is 14.7 Å². The van der Waals surface area contributed by atoms with Gasteiger partial charge in [0.1, 0.15) is 6.54 Å². The number of hydrogen-bond donors (Lipinski definition) is 2. The van der Waals surface area contributed by atoms with Gasteiger partial charge in [0.05, 0.1) is 16.7 Å². The monoisotopic (exact) mass is 391 g/mol. The molecule has 3 rings (SSSR count). The highest BCUT2D eigenvalue weighted by atomic mass is 32.1. The number of carbonyl (C=O) groups is 2. The summed E-state index contributed by atoms with van der Waals surface area (Å²) in [6.07, 6.45) is -0.613. The topological polar surface area (TPSA) is 90.7 Å². The average molecular weight is 391 g/mol. The molecule has 2 aromatic rings.